The topological polar surface area (TPSA) is 99.2 Å². The zero-order valence-corrected chi connectivity index (χ0v) is 21.8. The van der Waals surface area contributed by atoms with Crippen molar-refractivity contribution in [3.05, 3.63) is 29.8 Å². The fourth-order valence-corrected chi connectivity index (χ4v) is 6.28. The predicted octanol–water partition coefficient (Wildman–Crippen LogP) is 3.46. The van der Waals surface area contributed by atoms with E-state index in [4.69, 9.17) is 4.74 Å². The smallest absolute Gasteiger partial charge is 0.317 e. The van der Waals surface area contributed by atoms with Crippen LogP contribution in [0.1, 0.15) is 58.9 Å². The molecule has 0 aromatic heterocycles. The molecular formula is C25H39N3O5S. The fourth-order valence-electron chi connectivity index (χ4n) is 4.45. The lowest BCUT2D eigenvalue weighted by molar-refractivity contribution is 0.0809. The number of likely N-dealkylation sites (N-methyl/N-ethyl adjacent to an activating group) is 1. The number of rotatable bonds is 6. The van der Waals surface area contributed by atoms with Crippen LogP contribution in [0.3, 0.4) is 0 Å². The summed E-state index contributed by atoms with van der Waals surface area (Å²) in [6.45, 7) is 7.62. The number of nitrogens with one attached hydrogen (secondary N) is 1. The molecule has 0 saturated carbocycles. The number of urea groups is 1. The number of carbonyl (C=O) groups is 1. The van der Waals surface area contributed by atoms with E-state index in [0.29, 0.717) is 12.3 Å². The third-order valence-electron chi connectivity index (χ3n) is 6.54. The summed E-state index contributed by atoms with van der Waals surface area (Å²) in [6, 6.07) is 4.51. The first-order valence-corrected chi connectivity index (χ1v) is 13.6. The molecule has 0 fully saturated rings. The van der Waals surface area contributed by atoms with Gasteiger partial charge in [0.25, 0.3) is 0 Å². The number of amides is 2. The van der Waals surface area contributed by atoms with Crippen LogP contribution in [0.5, 0.6) is 5.75 Å². The number of sulfonamides is 1. The third-order valence-corrected chi connectivity index (χ3v) is 8.56. The maximum Gasteiger partial charge on any atom is 0.317 e. The van der Waals surface area contributed by atoms with Gasteiger partial charge in [-0.05, 0) is 69.7 Å². The molecule has 1 aromatic carbocycles. The molecule has 1 aliphatic heterocycles. The van der Waals surface area contributed by atoms with Crippen molar-refractivity contribution in [2.45, 2.75) is 76.5 Å². The number of aliphatic hydroxyl groups is 1. The van der Waals surface area contributed by atoms with Gasteiger partial charge in [-0.2, -0.15) is 4.31 Å². The lowest BCUT2D eigenvalue weighted by Gasteiger charge is -2.37. The molecule has 0 saturated heterocycles. The van der Waals surface area contributed by atoms with Gasteiger partial charge in [0.2, 0.25) is 10.0 Å². The van der Waals surface area contributed by atoms with Gasteiger partial charge < -0.3 is 20.1 Å². The molecular weight excluding hydrogens is 454 g/mol. The number of aliphatic hydroxyl groups excluding tert-OH is 1. The Balaban J connectivity index is 2.03. The maximum atomic E-state index is 13.6. The summed E-state index contributed by atoms with van der Waals surface area (Å²) in [5.41, 5.74) is 2.17. The second-order valence-electron chi connectivity index (χ2n) is 9.86. The monoisotopic (exact) mass is 493 g/mol. The zero-order valence-electron chi connectivity index (χ0n) is 21.0. The van der Waals surface area contributed by atoms with E-state index in [1.807, 2.05) is 32.9 Å². The normalized spacial score (nSPS) is 23.7. The Morgan fingerprint density at radius 2 is 2.03 bits per heavy atom. The molecule has 190 valence electrons. The highest BCUT2D eigenvalue weighted by Crippen LogP contribution is 2.37. The minimum atomic E-state index is -3.88. The Morgan fingerprint density at radius 3 is 2.65 bits per heavy atom. The number of allylic oxidation sites excluding steroid dienone is 2. The van der Waals surface area contributed by atoms with Crippen LogP contribution in [0.25, 0.3) is 5.57 Å². The maximum absolute atomic E-state index is 13.6. The van der Waals surface area contributed by atoms with Crippen molar-refractivity contribution in [3.63, 3.8) is 0 Å². The van der Waals surface area contributed by atoms with Crippen molar-refractivity contribution in [1.82, 2.24) is 14.5 Å². The summed E-state index contributed by atoms with van der Waals surface area (Å²) >= 11 is 0. The third kappa shape index (κ3) is 5.93. The fraction of sp³-hybridized carbons (Fsp3) is 0.640. The van der Waals surface area contributed by atoms with Crippen LogP contribution in [-0.4, -0.2) is 73.7 Å². The Morgan fingerprint density at radius 1 is 1.29 bits per heavy atom. The lowest BCUT2D eigenvalue weighted by Crippen LogP contribution is -2.51. The molecule has 1 aliphatic carbocycles. The molecule has 0 radical (unpaired) electrons. The molecule has 3 atom stereocenters. The SMILES string of the molecule is CC(C)NC(=O)N(C)C[C@H]1Oc2cc(C3=CCCCC3)ccc2S(=O)(=O)N([C@H](C)CO)C[C@@H]1C. The molecule has 0 unspecified atom stereocenters. The first-order valence-electron chi connectivity index (χ1n) is 12.2. The van der Waals surface area contributed by atoms with Crippen LogP contribution in [0.15, 0.2) is 29.2 Å². The predicted molar refractivity (Wildman–Crippen MR) is 133 cm³/mol. The summed E-state index contributed by atoms with van der Waals surface area (Å²) in [7, 11) is -2.17. The van der Waals surface area contributed by atoms with E-state index in [1.54, 1.807) is 24.9 Å². The van der Waals surface area contributed by atoms with Crippen LogP contribution in [0, 0.1) is 5.92 Å². The number of nitrogens with zero attached hydrogens (tertiary/aromatic N) is 2. The van der Waals surface area contributed by atoms with E-state index >= 15 is 0 Å². The minimum absolute atomic E-state index is 0.00344. The van der Waals surface area contributed by atoms with Crippen molar-refractivity contribution in [1.29, 1.82) is 0 Å². The van der Waals surface area contributed by atoms with Crippen molar-refractivity contribution in [2.24, 2.45) is 5.92 Å². The number of benzene rings is 1. The molecule has 0 bridgehead atoms. The van der Waals surface area contributed by atoms with Crippen LogP contribution in [-0.2, 0) is 10.0 Å². The second-order valence-corrected chi connectivity index (χ2v) is 11.7. The summed E-state index contributed by atoms with van der Waals surface area (Å²) < 4.78 is 35.0. The molecule has 1 heterocycles. The van der Waals surface area contributed by atoms with Crippen molar-refractivity contribution in [2.75, 3.05) is 26.7 Å². The Kier molecular flexibility index (Phi) is 8.65. The molecule has 1 aromatic rings. The van der Waals surface area contributed by atoms with Crippen LogP contribution in [0.4, 0.5) is 4.79 Å². The average Bonchev–Trinajstić information content (AvgIpc) is 2.80. The first-order chi connectivity index (χ1) is 16.0. The summed E-state index contributed by atoms with van der Waals surface area (Å²) in [5.74, 6) is 0.0807. The highest BCUT2D eigenvalue weighted by molar-refractivity contribution is 7.89. The van der Waals surface area contributed by atoms with Gasteiger partial charge >= 0.3 is 6.03 Å². The summed E-state index contributed by atoms with van der Waals surface area (Å²) in [5, 5.41) is 12.7. The van der Waals surface area contributed by atoms with E-state index in [-0.39, 0.29) is 36.0 Å². The van der Waals surface area contributed by atoms with Gasteiger partial charge in [0.1, 0.15) is 16.7 Å². The lowest BCUT2D eigenvalue weighted by atomic mass is 9.93. The van der Waals surface area contributed by atoms with Crippen LogP contribution < -0.4 is 10.1 Å². The standard InChI is InChI=1S/C25H39N3O5S/c1-17(2)26-25(30)27(5)15-23-18(3)14-28(19(4)16-29)34(31,32)24-12-11-21(13-22(24)33-23)20-9-7-6-8-10-20/h9,11-13,17-19,23,29H,6-8,10,14-16H2,1-5H3,(H,26,30)/t18-,19+,23+/m0/s1. The molecule has 3 rings (SSSR count). The van der Waals surface area contributed by atoms with E-state index < -0.39 is 22.2 Å². The number of hydrogen-bond acceptors (Lipinski definition) is 5. The average molecular weight is 494 g/mol. The minimum Gasteiger partial charge on any atom is -0.487 e. The molecule has 2 aliphatic rings. The van der Waals surface area contributed by atoms with Gasteiger partial charge in [-0.15, -0.1) is 0 Å². The molecule has 34 heavy (non-hydrogen) atoms. The van der Waals surface area contributed by atoms with Gasteiger partial charge in [-0.3, -0.25) is 0 Å². The van der Waals surface area contributed by atoms with Crippen molar-refractivity contribution >= 4 is 21.6 Å². The van der Waals surface area contributed by atoms with Crippen molar-refractivity contribution in [3.8, 4) is 5.75 Å². The van der Waals surface area contributed by atoms with Gasteiger partial charge in [0.05, 0.1) is 13.2 Å². The van der Waals surface area contributed by atoms with E-state index in [2.05, 4.69) is 11.4 Å². The van der Waals surface area contributed by atoms with E-state index in [9.17, 15) is 18.3 Å². The highest BCUT2D eigenvalue weighted by atomic mass is 32.2. The molecule has 0 spiro atoms. The first kappa shape index (κ1) is 26.5. The largest absolute Gasteiger partial charge is 0.487 e. The summed E-state index contributed by atoms with van der Waals surface area (Å²) in [6.07, 6.45) is 6.03. The van der Waals surface area contributed by atoms with Gasteiger partial charge in [-0.25, -0.2) is 13.2 Å². The van der Waals surface area contributed by atoms with Crippen molar-refractivity contribution < 1.29 is 23.1 Å². The number of hydrogen-bond donors (Lipinski definition) is 2. The molecule has 2 N–H and O–H groups in total. The summed E-state index contributed by atoms with van der Waals surface area (Å²) in [4.78, 5) is 14.2. The number of carbonyl (C=O) groups excluding carboxylic acids is 1. The van der Waals surface area contributed by atoms with Gasteiger partial charge in [-0.1, -0.05) is 19.1 Å². The number of fused-ring (bicyclic) bond motifs is 1. The molecule has 2 amide bonds. The highest BCUT2D eigenvalue weighted by Gasteiger charge is 2.38. The molecule has 8 nitrogen and oxygen atoms in total. The Hall–Kier alpha value is -2.10. The quantitative estimate of drug-likeness (QED) is 0.632. The van der Waals surface area contributed by atoms with Gasteiger partial charge in [0.15, 0.2) is 0 Å². The van der Waals surface area contributed by atoms with Crippen LogP contribution in [0.2, 0.25) is 0 Å². The molecule has 9 heteroatoms. The number of ether oxygens (including phenoxy) is 1. The second kappa shape index (κ2) is 11.1. The zero-order chi connectivity index (χ0) is 25.0. The Labute approximate surface area is 204 Å². The van der Waals surface area contributed by atoms with Gasteiger partial charge in [0, 0.05) is 31.6 Å². The van der Waals surface area contributed by atoms with Crippen LogP contribution >= 0.6 is 0 Å². The Bertz CT molecular complexity index is 1010. The van der Waals surface area contributed by atoms with E-state index in [1.165, 1.54) is 9.88 Å². The van der Waals surface area contributed by atoms with E-state index in [0.717, 1.165) is 31.2 Å².